The Labute approximate surface area is 178 Å². The molecule has 0 radical (unpaired) electrons. The van der Waals surface area contributed by atoms with Crippen LogP contribution in [-0.4, -0.2) is 34.6 Å². The highest BCUT2D eigenvalue weighted by Gasteiger charge is 2.30. The summed E-state index contributed by atoms with van der Waals surface area (Å²) in [6, 6.07) is 10.1. The van der Waals surface area contributed by atoms with Crippen molar-refractivity contribution in [3.8, 4) is 0 Å². The maximum atomic E-state index is 13.0. The van der Waals surface area contributed by atoms with Crippen molar-refractivity contribution in [2.24, 2.45) is 0 Å². The van der Waals surface area contributed by atoms with Gasteiger partial charge in [0.15, 0.2) is 5.82 Å². The molecular weight excluding hydrogens is 402 g/mol. The highest BCUT2D eigenvalue weighted by atomic mass is 16.5. The van der Waals surface area contributed by atoms with Crippen LogP contribution in [0.4, 0.5) is 5.82 Å². The van der Waals surface area contributed by atoms with Gasteiger partial charge in [0.2, 0.25) is 6.10 Å². The van der Waals surface area contributed by atoms with E-state index in [1.807, 2.05) is 0 Å². The lowest BCUT2D eigenvalue weighted by molar-refractivity contribution is -0.125. The van der Waals surface area contributed by atoms with E-state index in [0.717, 1.165) is 0 Å². The summed E-state index contributed by atoms with van der Waals surface area (Å²) in [5.74, 6) is -1.18. The third-order valence-corrected chi connectivity index (χ3v) is 4.57. The fourth-order valence-corrected chi connectivity index (χ4v) is 3.15. The van der Waals surface area contributed by atoms with E-state index in [1.165, 1.54) is 0 Å². The largest absolute Gasteiger partial charge is 0.461 e. The molecule has 1 unspecified atom stereocenters. The maximum absolute atomic E-state index is 13.0. The molecule has 9 heteroatoms. The van der Waals surface area contributed by atoms with Gasteiger partial charge in [0.05, 0.1) is 12.2 Å². The van der Waals surface area contributed by atoms with Crippen molar-refractivity contribution < 1.29 is 28.4 Å². The minimum atomic E-state index is -1.24. The monoisotopic (exact) mass is 425 g/mol. The smallest absolute Gasteiger partial charge is 0.355 e. The van der Waals surface area contributed by atoms with Crippen molar-refractivity contribution in [1.82, 2.24) is 10.1 Å². The van der Waals surface area contributed by atoms with Gasteiger partial charge < -0.3 is 24.3 Å². The molecule has 0 saturated carbocycles. The predicted molar refractivity (Wildman–Crippen MR) is 111 cm³/mol. The number of aromatic nitrogens is 2. The molecule has 3 rings (SSSR count). The Morgan fingerprint density at radius 2 is 1.84 bits per heavy atom. The van der Waals surface area contributed by atoms with Crippen LogP contribution in [0.25, 0.3) is 0 Å². The normalized spacial score (nSPS) is 11.6. The Morgan fingerprint density at radius 3 is 2.45 bits per heavy atom. The minimum absolute atomic E-state index is 0.171. The number of aromatic amines is 1. The van der Waals surface area contributed by atoms with Gasteiger partial charge in [-0.3, -0.25) is 4.79 Å². The van der Waals surface area contributed by atoms with Crippen molar-refractivity contribution in [3.63, 3.8) is 0 Å². The van der Waals surface area contributed by atoms with Crippen molar-refractivity contribution in [1.29, 1.82) is 0 Å². The number of aryl methyl sites for hydroxylation is 2. The molecule has 0 aliphatic carbocycles. The number of nitrogens with zero attached hydrogens (tertiary/aromatic N) is 1. The number of H-pyrrole nitrogens is 1. The van der Waals surface area contributed by atoms with Crippen LogP contribution in [-0.2, 0) is 14.3 Å². The molecule has 0 fully saturated rings. The zero-order chi connectivity index (χ0) is 22.5. The zero-order valence-corrected chi connectivity index (χ0v) is 17.6. The first-order valence-electron chi connectivity index (χ1n) is 9.68. The SMILES string of the molecule is CCOC(=O)c1[nH]c(C)c(C(=O)OC(C(=O)Nc2cc(C)on2)c2ccccc2)c1C. The Bertz CT molecular complexity index is 1100. The van der Waals surface area contributed by atoms with Crippen LogP contribution < -0.4 is 5.32 Å². The average Bonchev–Trinajstić information content (AvgIpc) is 3.28. The van der Waals surface area contributed by atoms with Crippen LogP contribution in [0, 0.1) is 20.8 Å². The van der Waals surface area contributed by atoms with Crippen LogP contribution in [0.5, 0.6) is 0 Å². The summed E-state index contributed by atoms with van der Waals surface area (Å²) in [7, 11) is 0. The summed E-state index contributed by atoms with van der Waals surface area (Å²) >= 11 is 0. The second-order valence-electron chi connectivity index (χ2n) is 6.85. The second kappa shape index (κ2) is 9.29. The number of esters is 2. The Hall–Kier alpha value is -3.88. The molecular formula is C22H23N3O6. The fourth-order valence-electron chi connectivity index (χ4n) is 3.15. The van der Waals surface area contributed by atoms with Gasteiger partial charge in [-0.1, -0.05) is 35.5 Å². The standard InChI is InChI=1S/C22H23N3O6/c1-5-29-22(28)18-13(3)17(14(4)23-18)21(27)30-19(15-9-7-6-8-10-15)20(26)24-16-11-12(2)31-25-16/h6-11,19,23H,5H2,1-4H3,(H,24,25,26). The first-order chi connectivity index (χ1) is 14.8. The molecule has 1 aromatic carbocycles. The number of rotatable bonds is 7. The van der Waals surface area contributed by atoms with E-state index in [2.05, 4.69) is 15.5 Å². The molecule has 2 N–H and O–H groups in total. The lowest BCUT2D eigenvalue weighted by Gasteiger charge is -2.17. The van der Waals surface area contributed by atoms with Crippen molar-refractivity contribution in [2.45, 2.75) is 33.8 Å². The molecule has 0 aliphatic heterocycles. The van der Waals surface area contributed by atoms with Crippen molar-refractivity contribution in [2.75, 3.05) is 11.9 Å². The van der Waals surface area contributed by atoms with E-state index in [9.17, 15) is 14.4 Å². The Balaban J connectivity index is 1.89. The highest BCUT2D eigenvalue weighted by molar-refractivity contribution is 6.01. The van der Waals surface area contributed by atoms with Crippen molar-refractivity contribution >= 4 is 23.7 Å². The first kappa shape index (κ1) is 21.8. The quantitative estimate of drug-likeness (QED) is 0.554. The number of carbonyl (C=O) groups excluding carboxylic acids is 3. The van der Waals surface area contributed by atoms with E-state index < -0.39 is 23.9 Å². The number of hydrogen-bond donors (Lipinski definition) is 2. The maximum Gasteiger partial charge on any atom is 0.355 e. The average molecular weight is 425 g/mol. The van der Waals surface area contributed by atoms with E-state index in [0.29, 0.717) is 22.6 Å². The van der Waals surface area contributed by atoms with Crippen LogP contribution in [0.15, 0.2) is 40.9 Å². The van der Waals surface area contributed by atoms with Gasteiger partial charge in [0.25, 0.3) is 5.91 Å². The fraction of sp³-hybridized carbons (Fsp3) is 0.273. The number of hydrogen-bond acceptors (Lipinski definition) is 7. The highest BCUT2D eigenvalue weighted by Crippen LogP contribution is 2.25. The molecule has 1 amide bonds. The summed E-state index contributed by atoms with van der Waals surface area (Å²) in [6.07, 6.45) is -1.24. The predicted octanol–water partition coefficient (Wildman–Crippen LogP) is 3.64. The van der Waals surface area contributed by atoms with Gasteiger partial charge in [0, 0.05) is 17.3 Å². The van der Waals surface area contributed by atoms with Gasteiger partial charge in [0.1, 0.15) is 11.5 Å². The molecule has 2 aromatic heterocycles. The molecule has 0 bridgehead atoms. The zero-order valence-electron chi connectivity index (χ0n) is 17.6. The number of nitrogens with one attached hydrogen (secondary N) is 2. The molecule has 1 atom stereocenters. The van der Waals surface area contributed by atoms with Crippen LogP contribution in [0.1, 0.15) is 56.5 Å². The summed E-state index contributed by atoms with van der Waals surface area (Å²) in [6.45, 7) is 6.84. The van der Waals surface area contributed by atoms with Crippen LogP contribution >= 0.6 is 0 Å². The number of ether oxygens (including phenoxy) is 2. The third-order valence-electron chi connectivity index (χ3n) is 4.57. The number of amides is 1. The van der Waals surface area contributed by atoms with Gasteiger partial charge >= 0.3 is 11.9 Å². The van der Waals surface area contributed by atoms with E-state index in [1.54, 1.807) is 64.1 Å². The second-order valence-corrected chi connectivity index (χ2v) is 6.85. The van der Waals surface area contributed by atoms with Crippen molar-refractivity contribution in [3.05, 3.63) is 70.2 Å². The van der Waals surface area contributed by atoms with E-state index >= 15 is 0 Å². The summed E-state index contributed by atoms with van der Waals surface area (Å²) in [4.78, 5) is 40.9. The Morgan fingerprint density at radius 1 is 1.13 bits per heavy atom. The molecule has 31 heavy (non-hydrogen) atoms. The molecule has 0 spiro atoms. The molecule has 3 aromatic rings. The lowest BCUT2D eigenvalue weighted by Crippen LogP contribution is -2.26. The molecule has 2 heterocycles. The molecule has 9 nitrogen and oxygen atoms in total. The topological polar surface area (TPSA) is 124 Å². The van der Waals surface area contributed by atoms with Gasteiger partial charge in [-0.2, -0.15) is 0 Å². The summed E-state index contributed by atoms with van der Waals surface area (Å²) < 4.78 is 15.6. The van der Waals surface area contributed by atoms with Crippen LogP contribution in [0.2, 0.25) is 0 Å². The van der Waals surface area contributed by atoms with Gasteiger partial charge in [-0.05, 0) is 33.3 Å². The summed E-state index contributed by atoms with van der Waals surface area (Å²) in [5, 5.41) is 6.32. The number of benzene rings is 1. The first-order valence-corrected chi connectivity index (χ1v) is 9.68. The third kappa shape index (κ3) is 4.82. The number of carbonyl (C=O) groups is 3. The number of anilines is 1. The molecule has 162 valence electrons. The van der Waals surface area contributed by atoms with Crippen LogP contribution in [0.3, 0.4) is 0 Å². The van der Waals surface area contributed by atoms with E-state index in [-0.39, 0.29) is 23.7 Å². The lowest BCUT2D eigenvalue weighted by atomic mass is 10.1. The van der Waals surface area contributed by atoms with E-state index in [4.69, 9.17) is 14.0 Å². The molecule has 0 aliphatic rings. The van der Waals surface area contributed by atoms with Gasteiger partial charge in [-0.15, -0.1) is 0 Å². The Kier molecular flexibility index (Phi) is 6.54. The minimum Gasteiger partial charge on any atom is -0.461 e. The summed E-state index contributed by atoms with van der Waals surface area (Å²) in [5.41, 5.74) is 1.65. The molecule has 0 saturated heterocycles. The van der Waals surface area contributed by atoms with Gasteiger partial charge in [-0.25, -0.2) is 9.59 Å².